The summed E-state index contributed by atoms with van der Waals surface area (Å²) in [5.41, 5.74) is 23.5. The summed E-state index contributed by atoms with van der Waals surface area (Å²) in [6, 6.07) is 66.9. The van der Waals surface area contributed by atoms with Crippen LogP contribution in [0.3, 0.4) is 0 Å². The molecule has 288 valence electrons. The first-order valence-corrected chi connectivity index (χ1v) is 20.8. The molecule has 0 saturated carbocycles. The van der Waals surface area contributed by atoms with Crippen LogP contribution in [0.25, 0.3) is 44.2 Å². The van der Waals surface area contributed by atoms with Gasteiger partial charge < -0.3 is 10.2 Å². The molecule has 9 aromatic rings. The van der Waals surface area contributed by atoms with Gasteiger partial charge in [0.25, 0.3) is 0 Å². The van der Waals surface area contributed by atoms with Gasteiger partial charge in [-0.1, -0.05) is 178 Å². The van der Waals surface area contributed by atoms with Crippen molar-refractivity contribution in [1.82, 2.24) is 0 Å². The molecule has 0 saturated heterocycles. The number of nitrogens with zero attached hydrogens (tertiary/aromatic N) is 2. The van der Waals surface area contributed by atoms with E-state index in [1.54, 1.807) is 0 Å². The van der Waals surface area contributed by atoms with Gasteiger partial charge in [-0.25, -0.2) is 4.99 Å². The van der Waals surface area contributed by atoms with Crippen LogP contribution in [0.4, 0.5) is 0 Å². The van der Waals surface area contributed by atoms with Crippen LogP contribution in [0.5, 0.6) is 0 Å². The van der Waals surface area contributed by atoms with E-state index in [4.69, 9.17) is 20.1 Å². The molecule has 0 bridgehead atoms. The highest BCUT2D eigenvalue weighted by Gasteiger charge is 2.53. The van der Waals surface area contributed by atoms with Crippen molar-refractivity contribution in [3.8, 4) is 22.3 Å². The first kappa shape index (κ1) is 35.8. The zero-order valence-electron chi connectivity index (χ0n) is 33.9. The lowest BCUT2D eigenvalue weighted by Gasteiger charge is -2.46. The number of fused-ring (bicyclic) bond motifs is 12. The topological polar surface area (TPSA) is 63.9 Å². The summed E-state index contributed by atoms with van der Waals surface area (Å²) in [7, 11) is 0. The summed E-state index contributed by atoms with van der Waals surface area (Å²) in [4.78, 5) is 10.4. The highest BCUT2D eigenvalue weighted by molar-refractivity contribution is 6.18. The third kappa shape index (κ3) is 5.30. The predicted molar refractivity (Wildman–Crippen MR) is 247 cm³/mol. The van der Waals surface area contributed by atoms with Crippen LogP contribution in [-0.4, -0.2) is 11.7 Å². The lowest BCUT2D eigenvalue weighted by molar-refractivity contribution is 0.563. The summed E-state index contributed by atoms with van der Waals surface area (Å²) < 4.78 is 6.49. The van der Waals surface area contributed by atoms with Gasteiger partial charge in [0.1, 0.15) is 17.0 Å². The Hall–Kier alpha value is -7.30. The molecule has 0 amide bonds. The fraction of sp³-hybridized carbons (Fsp3) is 0.107. The van der Waals surface area contributed by atoms with Crippen molar-refractivity contribution in [2.24, 2.45) is 15.7 Å². The SMILES string of the molecule is CC(N=C(N=C(N)c1cccc(-c2ccc3c(c2)C2(c4ccccc4-3)c3ccccc3C(C)(C)c3ccccc32)c1)c1cccc2c1oc1ccccc12)c1ccccc1. The first-order valence-electron chi connectivity index (χ1n) is 20.8. The molecule has 8 aromatic carbocycles. The monoisotopic (exact) mass is 773 g/mol. The van der Waals surface area contributed by atoms with Gasteiger partial charge in [-0.15, -0.1) is 0 Å². The summed E-state index contributed by atoms with van der Waals surface area (Å²) in [6.45, 7) is 6.81. The van der Waals surface area contributed by atoms with E-state index in [9.17, 15) is 0 Å². The molecule has 2 N–H and O–H groups in total. The van der Waals surface area contributed by atoms with E-state index >= 15 is 0 Å². The van der Waals surface area contributed by atoms with Gasteiger partial charge in [0.2, 0.25) is 0 Å². The third-order valence-corrected chi connectivity index (χ3v) is 13.0. The van der Waals surface area contributed by atoms with E-state index in [1.807, 2.05) is 54.6 Å². The largest absolute Gasteiger partial charge is 0.455 e. The minimum Gasteiger partial charge on any atom is -0.455 e. The van der Waals surface area contributed by atoms with E-state index in [0.717, 1.165) is 49.8 Å². The van der Waals surface area contributed by atoms with Crippen LogP contribution in [0.2, 0.25) is 0 Å². The molecule has 1 aromatic heterocycles. The average Bonchev–Trinajstić information content (AvgIpc) is 3.82. The summed E-state index contributed by atoms with van der Waals surface area (Å²) in [5, 5.41) is 2.07. The van der Waals surface area contributed by atoms with Crippen LogP contribution in [0.1, 0.15) is 76.9 Å². The second kappa shape index (κ2) is 13.6. The number of amidine groups is 2. The lowest BCUT2D eigenvalue weighted by atomic mass is 9.55. The number of nitrogens with two attached hydrogens (primary N) is 1. The number of para-hydroxylation sites is 2. The smallest absolute Gasteiger partial charge is 0.161 e. The molecule has 0 radical (unpaired) electrons. The molecule has 0 fully saturated rings. The Kier molecular flexibility index (Phi) is 8.15. The quantitative estimate of drug-likeness (QED) is 0.140. The molecule has 2 aliphatic carbocycles. The molecule has 60 heavy (non-hydrogen) atoms. The van der Waals surface area contributed by atoms with Crippen LogP contribution < -0.4 is 5.73 Å². The van der Waals surface area contributed by atoms with Gasteiger partial charge in [-0.05, 0) is 92.4 Å². The molecular weight excluding hydrogens is 731 g/mol. The average molecular weight is 774 g/mol. The maximum Gasteiger partial charge on any atom is 0.161 e. The number of furan rings is 1. The zero-order chi connectivity index (χ0) is 40.6. The molecule has 1 heterocycles. The van der Waals surface area contributed by atoms with Gasteiger partial charge in [-0.2, -0.15) is 0 Å². The van der Waals surface area contributed by atoms with Crippen LogP contribution >= 0.6 is 0 Å². The lowest BCUT2D eigenvalue weighted by Crippen LogP contribution is -2.40. The standard InChI is InChI=1S/C56H43N3O/c1-35(36-17-5-4-6-18-36)58-54(44-24-16-23-43-42-22-8-14-30-51(42)60-52(43)44)59-53(57)39-20-15-19-37(33-39)38-31-32-41-40-21-7-9-25-45(40)56(50(41)34-38)48-28-12-10-26-46(48)55(2,3)47-27-11-13-29-49(47)56/h4-35H,1-3H3,(H2,57,58,59). The van der Waals surface area contributed by atoms with E-state index in [1.165, 1.54) is 44.5 Å². The minimum atomic E-state index is -0.471. The molecule has 4 heteroatoms. The Morgan fingerprint density at radius 3 is 1.90 bits per heavy atom. The highest BCUT2D eigenvalue weighted by Crippen LogP contribution is 2.62. The summed E-state index contributed by atoms with van der Waals surface area (Å²) in [5.74, 6) is 0.903. The van der Waals surface area contributed by atoms with Crippen LogP contribution in [0.15, 0.2) is 202 Å². The molecule has 1 spiro atoms. The van der Waals surface area contributed by atoms with Gasteiger partial charge in [0.05, 0.1) is 17.0 Å². The highest BCUT2D eigenvalue weighted by atomic mass is 16.3. The van der Waals surface area contributed by atoms with E-state index in [2.05, 4.69) is 154 Å². The first-order chi connectivity index (χ1) is 29.3. The van der Waals surface area contributed by atoms with Crippen molar-refractivity contribution >= 4 is 33.6 Å². The number of benzene rings is 8. The fourth-order valence-electron chi connectivity index (χ4n) is 10.1. The van der Waals surface area contributed by atoms with Crippen molar-refractivity contribution < 1.29 is 4.42 Å². The predicted octanol–water partition coefficient (Wildman–Crippen LogP) is 13.2. The van der Waals surface area contributed by atoms with Gasteiger partial charge in [-0.3, -0.25) is 4.99 Å². The van der Waals surface area contributed by atoms with Crippen molar-refractivity contribution in [2.75, 3.05) is 0 Å². The van der Waals surface area contributed by atoms with Gasteiger partial charge in [0.15, 0.2) is 5.84 Å². The van der Waals surface area contributed by atoms with Gasteiger partial charge in [0, 0.05) is 21.8 Å². The molecule has 1 unspecified atom stereocenters. The maximum absolute atomic E-state index is 7.04. The molecule has 2 aliphatic rings. The van der Waals surface area contributed by atoms with Gasteiger partial charge >= 0.3 is 0 Å². The second-order valence-electron chi connectivity index (χ2n) is 16.7. The number of aliphatic imine (C=N–C) groups is 2. The maximum atomic E-state index is 7.04. The van der Waals surface area contributed by atoms with Crippen LogP contribution in [-0.2, 0) is 10.8 Å². The normalized spacial score (nSPS) is 15.4. The van der Waals surface area contributed by atoms with Crippen molar-refractivity contribution in [1.29, 1.82) is 0 Å². The molecule has 1 atom stereocenters. The Balaban J connectivity index is 1.06. The van der Waals surface area contributed by atoms with Crippen molar-refractivity contribution in [3.63, 3.8) is 0 Å². The summed E-state index contributed by atoms with van der Waals surface area (Å²) in [6.07, 6.45) is 0. The Bertz CT molecular complexity index is 3170. The van der Waals surface area contributed by atoms with Crippen molar-refractivity contribution in [2.45, 2.75) is 37.6 Å². The molecule has 0 aliphatic heterocycles. The minimum absolute atomic E-state index is 0.157. The van der Waals surface area contributed by atoms with Crippen molar-refractivity contribution in [3.05, 3.63) is 238 Å². The summed E-state index contributed by atoms with van der Waals surface area (Å²) >= 11 is 0. The Labute approximate surface area is 350 Å². The van der Waals surface area contributed by atoms with E-state index in [-0.39, 0.29) is 11.5 Å². The third-order valence-electron chi connectivity index (χ3n) is 13.0. The number of rotatable bonds is 5. The fourth-order valence-corrected chi connectivity index (χ4v) is 10.1. The number of hydrogen-bond acceptors (Lipinski definition) is 2. The van der Waals surface area contributed by atoms with Crippen LogP contribution in [0, 0.1) is 0 Å². The number of hydrogen-bond donors (Lipinski definition) is 1. The Morgan fingerprint density at radius 1 is 0.533 bits per heavy atom. The molecule has 4 nitrogen and oxygen atoms in total. The van der Waals surface area contributed by atoms with E-state index in [0.29, 0.717) is 11.7 Å². The Morgan fingerprint density at radius 2 is 1.13 bits per heavy atom. The molecule has 11 rings (SSSR count). The van der Waals surface area contributed by atoms with E-state index < -0.39 is 5.41 Å². The molecular formula is C56H43N3O. The second-order valence-corrected chi connectivity index (χ2v) is 16.7. The zero-order valence-corrected chi connectivity index (χ0v) is 33.9.